The molecule has 3 heterocycles. The average molecular weight is 411 g/mol. The Labute approximate surface area is 168 Å². The molecule has 8 heteroatoms. The van der Waals surface area contributed by atoms with Gasteiger partial charge in [0.25, 0.3) is 0 Å². The molecule has 0 saturated heterocycles. The van der Waals surface area contributed by atoms with Crippen LogP contribution >= 0.6 is 22.7 Å². The molecule has 3 aromatic heterocycles. The lowest BCUT2D eigenvalue weighted by Gasteiger charge is -2.01. The predicted molar refractivity (Wildman–Crippen MR) is 107 cm³/mol. The lowest BCUT2D eigenvalue weighted by Crippen LogP contribution is -2.05. The third-order valence-corrected chi connectivity index (χ3v) is 5.96. The highest BCUT2D eigenvalue weighted by Gasteiger charge is 2.18. The number of pyridine rings is 1. The zero-order chi connectivity index (χ0) is 19.5. The summed E-state index contributed by atoms with van der Waals surface area (Å²) in [4.78, 5) is 26.0. The van der Waals surface area contributed by atoms with Crippen molar-refractivity contribution in [3.05, 3.63) is 76.1 Å². The highest BCUT2D eigenvalue weighted by molar-refractivity contribution is 7.17. The molecule has 0 amide bonds. The number of ether oxygens (including phenoxy) is 1. The third-order valence-electron chi connectivity index (χ3n) is 3.86. The first-order valence-electron chi connectivity index (χ1n) is 8.36. The van der Waals surface area contributed by atoms with Crippen molar-refractivity contribution in [1.82, 2.24) is 15.0 Å². The summed E-state index contributed by atoms with van der Waals surface area (Å²) in [6.45, 7) is 1.84. The Kier molecular flexibility index (Phi) is 5.23. The van der Waals surface area contributed by atoms with Gasteiger partial charge in [-0.2, -0.15) is 0 Å². The van der Waals surface area contributed by atoms with E-state index in [-0.39, 0.29) is 12.4 Å². The zero-order valence-corrected chi connectivity index (χ0v) is 16.4. The number of hydrogen-bond donors (Lipinski definition) is 0. The van der Waals surface area contributed by atoms with Crippen molar-refractivity contribution in [2.24, 2.45) is 0 Å². The molecule has 0 unspecified atom stereocenters. The van der Waals surface area contributed by atoms with Crippen molar-refractivity contribution in [2.75, 3.05) is 0 Å². The molecule has 1 aromatic carbocycles. The van der Waals surface area contributed by atoms with E-state index in [2.05, 4.69) is 15.0 Å². The molecule has 0 aliphatic heterocycles. The Morgan fingerprint density at radius 3 is 2.68 bits per heavy atom. The molecule has 140 valence electrons. The molecular weight excluding hydrogens is 397 g/mol. The van der Waals surface area contributed by atoms with Crippen LogP contribution in [0.3, 0.4) is 0 Å². The van der Waals surface area contributed by atoms with Crippen molar-refractivity contribution in [2.45, 2.75) is 13.5 Å². The van der Waals surface area contributed by atoms with E-state index in [9.17, 15) is 9.18 Å². The van der Waals surface area contributed by atoms with Crippen molar-refractivity contribution in [3.8, 4) is 21.3 Å². The molecule has 0 atom stereocenters. The second-order valence-electron chi connectivity index (χ2n) is 5.88. The van der Waals surface area contributed by atoms with Gasteiger partial charge in [-0.1, -0.05) is 6.07 Å². The maximum Gasteiger partial charge on any atom is 0.350 e. The van der Waals surface area contributed by atoms with Gasteiger partial charge in [-0.3, -0.25) is 4.98 Å². The van der Waals surface area contributed by atoms with E-state index in [1.165, 1.54) is 34.8 Å². The quantitative estimate of drug-likeness (QED) is 0.426. The Morgan fingerprint density at radius 2 is 1.93 bits per heavy atom. The largest absolute Gasteiger partial charge is 0.455 e. The number of esters is 1. The van der Waals surface area contributed by atoms with Crippen molar-refractivity contribution < 1.29 is 13.9 Å². The molecule has 0 bridgehead atoms. The summed E-state index contributed by atoms with van der Waals surface area (Å²) in [5.41, 5.74) is 2.80. The summed E-state index contributed by atoms with van der Waals surface area (Å²) >= 11 is 2.68. The van der Waals surface area contributed by atoms with Gasteiger partial charge < -0.3 is 4.74 Å². The number of rotatable bonds is 5. The van der Waals surface area contributed by atoms with Crippen LogP contribution in [-0.4, -0.2) is 20.9 Å². The summed E-state index contributed by atoms with van der Waals surface area (Å²) in [7, 11) is 0. The van der Waals surface area contributed by atoms with Gasteiger partial charge in [0, 0.05) is 17.1 Å². The fraction of sp³-hybridized carbons (Fsp3) is 0.100. The van der Waals surface area contributed by atoms with E-state index in [1.54, 1.807) is 25.3 Å². The zero-order valence-electron chi connectivity index (χ0n) is 14.8. The lowest BCUT2D eigenvalue weighted by atomic mass is 10.2. The number of thiazole rings is 2. The maximum absolute atomic E-state index is 13.0. The van der Waals surface area contributed by atoms with Gasteiger partial charge in [-0.25, -0.2) is 19.2 Å². The van der Waals surface area contributed by atoms with Crippen LogP contribution in [0, 0.1) is 12.7 Å². The maximum atomic E-state index is 13.0. The molecule has 4 rings (SSSR count). The molecule has 0 fully saturated rings. The van der Waals surface area contributed by atoms with Gasteiger partial charge in [0.05, 0.1) is 17.1 Å². The number of halogens is 1. The smallest absolute Gasteiger partial charge is 0.350 e. The van der Waals surface area contributed by atoms with E-state index in [1.807, 2.05) is 23.6 Å². The highest BCUT2D eigenvalue weighted by atomic mass is 32.1. The number of hydrogen-bond acceptors (Lipinski definition) is 7. The fourth-order valence-corrected chi connectivity index (χ4v) is 4.24. The Morgan fingerprint density at radius 1 is 1.11 bits per heavy atom. The molecule has 0 N–H and O–H groups in total. The van der Waals surface area contributed by atoms with Crippen LogP contribution in [0.15, 0.2) is 54.0 Å². The minimum Gasteiger partial charge on any atom is -0.455 e. The minimum absolute atomic E-state index is 0.0623. The van der Waals surface area contributed by atoms with Crippen LogP contribution in [0.1, 0.15) is 21.1 Å². The van der Waals surface area contributed by atoms with E-state index in [4.69, 9.17) is 4.74 Å². The van der Waals surface area contributed by atoms with Gasteiger partial charge in [-0.15, -0.1) is 22.7 Å². The van der Waals surface area contributed by atoms with E-state index in [0.717, 1.165) is 16.3 Å². The second kappa shape index (κ2) is 7.95. The van der Waals surface area contributed by atoms with Gasteiger partial charge >= 0.3 is 5.97 Å². The molecule has 0 radical (unpaired) electrons. The van der Waals surface area contributed by atoms with E-state index < -0.39 is 5.97 Å². The summed E-state index contributed by atoms with van der Waals surface area (Å²) in [6.07, 6.45) is 1.69. The van der Waals surface area contributed by atoms with Crippen LogP contribution in [0.2, 0.25) is 0 Å². The van der Waals surface area contributed by atoms with Gasteiger partial charge in [0.1, 0.15) is 27.3 Å². The molecule has 0 spiro atoms. The monoisotopic (exact) mass is 411 g/mol. The van der Waals surface area contributed by atoms with Crippen LogP contribution in [0.4, 0.5) is 4.39 Å². The molecule has 0 aliphatic carbocycles. The highest BCUT2D eigenvalue weighted by Crippen LogP contribution is 2.28. The Balaban J connectivity index is 1.44. The van der Waals surface area contributed by atoms with Crippen LogP contribution < -0.4 is 0 Å². The Hall–Kier alpha value is -2.97. The number of carbonyl (C=O) groups excluding carboxylic acids is 1. The van der Waals surface area contributed by atoms with Crippen molar-refractivity contribution in [3.63, 3.8) is 0 Å². The van der Waals surface area contributed by atoms with Gasteiger partial charge in [-0.05, 0) is 43.3 Å². The lowest BCUT2D eigenvalue weighted by molar-refractivity contribution is 0.0473. The van der Waals surface area contributed by atoms with Gasteiger partial charge in [0.15, 0.2) is 0 Å². The summed E-state index contributed by atoms with van der Waals surface area (Å²) in [5.74, 6) is -0.729. The topological polar surface area (TPSA) is 65.0 Å². The molecule has 0 aliphatic rings. The average Bonchev–Trinajstić information content (AvgIpc) is 3.34. The van der Waals surface area contributed by atoms with Crippen LogP contribution in [0.5, 0.6) is 0 Å². The molecule has 5 nitrogen and oxygen atoms in total. The third kappa shape index (κ3) is 3.97. The first-order chi connectivity index (χ1) is 13.6. The standard InChI is InChI=1S/C20H14FN3O2S2/c1-12-17(28-19(23-12)16-4-2-3-9-22-16)20(25)26-10-15-11-27-18(24-15)13-5-7-14(21)8-6-13/h2-9,11H,10H2,1H3. The molecule has 4 aromatic rings. The Bertz CT molecular complexity index is 1110. The number of aromatic nitrogens is 3. The summed E-state index contributed by atoms with van der Waals surface area (Å²) in [6, 6.07) is 11.7. The first-order valence-corrected chi connectivity index (χ1v) is 10.1. The van der Waals surface area contributed by atoms with Crippen LogP contribution in [-0.2, 0) is 11.3 Å². The molecular formula is C20H14FN3O2S2. The fourth-order valence-electron chi connectivity index (χ4n) is 2.49. The second-order valence-corrected chi connectivity index (χ2v) is 7.73. The predicted octanol–water partition coefficient (Wildman–Crippen LogP) is 5.13. The van der Waals surface area contributed by atoms with E-state index in [0.29, 0.717) is 21.3 Å². The minimum atomic E-state index is -0.437. The number of aryl methyl sites for hydroxylation is 1. The van der Waals surface area contributed by atoms with Crippen molar-refractivity contribution >= 4 is 28.6 Å². The number of nitrogens with zero attached hydrogens (tertiary/aromatic N) is 3. The van der Waals surface area contributed by atoms with Crippen LogP contribution in [0.25, 0.3) is 21.3 Å². The number of carbonyl (C=O) groups is 1. The van der Waals surface area contributed by atoms with Gasteiger partial charge in [0.2, 0.25) is 0 Å². The van der Waals surface area contributed by atoms with Crippen molar-refractivity contribution in [1.29, 1.82) is 0 Å². The SMILES string of the molecule is Cc1nc(-c2ccccn2)sc1C(=O)OCc1csc(-c2ccc(F)cc2)n1. The number of benzene rings is 1. The van der Waals surface area contributed by atoms with E-state index >= 15 is 0 Å². The summed E-state index contributed by atoms with van der Waals surface area (Å²) in [5, 5.41) is 3.25. The normalized spacial score (nSPS) is 10.8. The molecule has 0 saturated carbocycles. The summed E-state index contributed by atoms with van der Waals surface area (Å²) < 4.78 is 18.4. The molecule has 28 heavy (non-hydrogen) atoms. The first kappa shape index (κ1) is 18.4.